The molecular formula is C25H24N6O3. The third kappa shape index (κ3) is 3.91. The summed E-state index contributed by atoms with van der Waals surface area (Å²) >= 11 is 0. The molecule has 0 radical (unpaired) electrons. The number of carbonyl (C=O) groups is 1. The molecule has 1 unspecified atom stereocenters. The van der Waals surface area contributed by atoms with Gasteiger partial charge >= 0.3 is 0 Å². The fourth-order valence-electron chi connectivity index (χ4n) is 4.09. The van der Waals surface area contributed by atoms with Crippen LogP contribution < -0.4 is 5.32 Å². The first kappa shape index (κ1) is 21.7. The first-order chi connectivity index (χ1) is 16.6. The predicted octanol–water partition coefficient (Wildman–Crippen LogP) is 2.97. The van der Waals surface area contributed by atoms with Gasteiger partial charge in [0.1, 0.15) is 17.4 Å². The molecule has 0 aliphatic carbocycles. The number of aliphatic hydroxyl groups excluding tert-OH is 2. The van der Waals surface area contributed by atoms with E-state index in [4.69, 9.17) is 5.10 Å². The highest BCUT2D eigenvalue weighted by atomic mass is 16.3. The number of aliphatic hydroxyl groups is 2. The van der Waals surface area contributed by atoms with Crippen molar-refractivity contribution < 1.29 is 15.0 Å². The van der Waals surface area contributed by atoms with Crippen LogP contribution in [0.1, 0.15) is 40.6 Å². The van der Waals surface area contributed by atoms with E-state index >= 15 is 0 Å². The minimum absolute atomic E-state index is 0.256. The van der Waals surface area contributed by atoms with E-state index in [1.807, 2.05) is 60.3 Å². The highest BCUT2D eigenvalue weighted by Gasteiger charge is 2.18. The summed E-state index contributed by atoms with van der Waals surface area (Å²) in [7, 11) is 0. The van der Waals surface area contributed by atoms with Gasteiger partial charge in [0.2, 0.25) is 0 Å². The van der Waals surface area contributed by atoms with E-state index in [1.165, 1.54) is 0 Å². The molecule has 34 heavy (non-hydrogen) atoms. The van der Waals surface area contributed by atoms with Gasteiger partial charge in [0.15, 0.2) is 0 Å². The Bertz CT molecular complexity index is 1490. The number of aryl methyl sites for hydroxylation is 1. The van der Waals surface area contributed by atoms with Crippen LogP contribution in [0.15, 0.2) is 67.0 Å². The monoisotopic (exact) mass is 456 g/mol. The lowest BCUT2D eigenvalue weighted by molar-refractivity contribution is 0.0921. The van der Waals surface area contributed by atoms with Crippen molar-refractivity contribution in [2.24, 2.45) is 0 Å². The van der Waals surface area contributed by atoms with Crippen LogP contribution in [0.3, 0.4) is 0 Å². The van der Waals surface area contributed by atoms with E-state index in [0.29, 0.717) is 41.4 Å². The van der Waals surface area contributed by atoms with Crippen molar-refractivity contribution in [2.45, 2.75) is 26.0 Å². The summed E-state index contributed by atoms with van der Waals surface area (Å²) in [6.07, 6.45) is 3.03. The molecule has 5 aromatic rings. The summed E-state index contributed by atoms with van der Waals surface area (Å²) in [5.74, 6) is -0.256. The summed E-state index contributed by atoms with van der Waals surface area (Å²) < 4.78 is 3.59. The van der Waals surface area contributed by atoms with Crippen LogP contribution in [0.4, 0.5) is 5.69 Å². The molecule has 0 spiro atoms. The lowest BCUT2D eigenvalue weighted by atomic mass is 10.1. The Hall–Kier alpha value is -4.08. The van der Waals surface area contributed by atoms with Crippen molar-refractivity contribution in [2.75, 3.05) is 11.9 Å². The zero-order valence-corrected chi connectivity index (χ0v) is 18.6. The molecule has 0 aliphatic heterocycles. The van der Waals surface area contributed by atoms with Gasteiger partial charge in [-0.25, -0.2) is 4.98 Å². The number of nitrogens with zero attached hydrogens (tertiary/aromatic N) is 5. The number of pyridine rings is 2. The van der Waals surface area contributed by atoms with Crippen molar-refractivity contribution in [1.82, 2.24) is 24.1 Å². The van der Waals surface area contributed by atoms with Crippen LogP contribution in [0, 0.1) is 0 Å². The first-order valence-corrected chi connectivity index (χ1v) is 11.1. The van der Waals surface area contributed by atoms with Gasteiger partial charge in [-0.15, -0.1) is 0 Å². The maximum absolute atomic E-state index is 13.1. The van der Waals surface area contributed by atoms with Crippen molar-refractivity contribution in [3.63, 3.8) is 0 Å². The summed E-state index contributed by atoms with van der Waals surface area (Å²) in [4.78, 5) is 21.9. The number of amides is 1. The summed E-state index contributed by atoms with van der Waals surface area (Å²) in [5.41, 5.74) is 4.66. The van der Waals surface area contributed by atoms with E-state index < -0.39 is 12.7 Å². The largest absolute Gasteiger partial charge is 0.393 e. The van der Waals surface area contributed by atoms with Gasteiger partial charge in [-0.2, -0.15) is 5.10 Å². The number of nitrogens with one attached hydrogen (secondary N) is 1. The number of hydrogen-bond acceptors (Lipinski definition) is 6. The highest BCUT2D eigenvalue weighted by molar-refractivity contribution is 6.08. The summed E-state index contributed by atoms with van der Waals surface area (Å²) in [5, 5.41) is 27.8. The molecule has 0 saturated carbocycles. The molecule has 5 rings (SSSR count). The Balaban J connectivity index is 1.50. The number of hydrogen-bond donors (Lipinski definition) is 3. The van der Waals surface area contributed by atoms with E-state index in [0.717, 1.165) is 16.6 Å². The molecule has 0 fully saturated rings. The second-order valence-corrected chi connectivity index (χ2v) is 7.94. The predicted molar refractivity (Wildman–Crippen MR) is 128 cm³/mol. The minimum Gasteiger partial charge on any atom is -0.393 e. The number of anilines is 1. The molecule has 9 nitrogen and oxygen atoms in total. The zero-order chi connectivity index (χ0) is 23.7. The second-order valence-electron chi connectivity index (χ2n) is 7.94. The number of fused-ring (bicyclic) bond motifs is 2. The van der Waals surface area contributed by atoms with Crippen molar-refractivity contribution in [3.8, 4) is 0 Å². The van der Waals surface area contributed by atoms with Gasteiger partial charge in [-0.05, 0) is 42.8 Å². The van der Waals surface area contributed by atoms with Crippen LogP contribution >= 0.6 is 0 Å². The number of aromatic nitrogens is 5. The third-order valence-electron chi connectivity index (χ3n) is 5.74. The van der Waals surface area contributed by atoms with Crippen molar-refractivity contribution in [3.05, 3.63) is 89.8 Å². The highest BCUT2D eigenvalue weighted by Crippen LogP contribution is 2.28. The molecule has 1 atom stereocenters. The lowest BCUT2D eigenvalue weighted by Gasteiger charge is -2.10. The van der Waals surface area contributed by atoms with Gasteiger partial charge < -0.3 is 15.5 Å². The zero-order valence-electron chi connectivity index (χ0n) is 18.6. The van der Waals surface area contributed by atoms with E-state index in [1.54, 1.807) is 22.7 Å². The van der Waals surface area contributed by atoms with Crippen LogP contribution in [0.25, 0.3) is 16.6 Å². The van der Waals surface area contributed by atoms with Crippen LogP contribution in [0.2, 0.25) is 0 Å². The fourth-order valence-corrected chi connectivity index (χ4v) is 4.09. The van der Waals surface area contributed by atoms with Crippen LogP contribution in [0.5, 0.6) is 0 Å². The van der Waals surface area contributed by atoms with E-state index in [9.17, 15) is 15.0 Å². The van der Waals surface area contributed by atoms with Gasteiger partial charge in [0.05, 0.1) is 47.6 Å². The van der Waals surface area contributed by atoms with Gasteiger partial charge in [-0.1, -0.05) is 25.1 Å². The second kappa shape index (κ2) is 9.05. The molecular weight excluding hydrogens is 432 g/mol. The van der Waals surface area contributed by atoms with Crippen LogP contribution in [-0.4, -0.2) is 46.9 Å². The van der Waals surface area contributed by atoms with Gasteiger partial charge in [-0.3, -0.25) is 18.9 Å². The molecule has 4 aromatic heterocycles. The molecule has 3 N–H and O–H groups in total. The standard InChI is InChI=1S/C25H24N6O3/c1-2-17-24-19(28-25(34)21-13-26-23-11-3-4-12-30(21)23)9-6-10-20(24)31(29-17)14-16-7-5-8-18(27-16)22(33)15-32/h3-13,22,32-33H,2,14-15H2,1H3,(H,28,34). The van der Waals surface area contributed by atoms with E-state index in [2.05, 4.69) is 15.3 Å². The average molecular weight is 457 g/mol. The van der Waals surface area contributed by atoms with Gasteiger partial charge in [0.25, 0.3) is 5.91 Å². The maximum atomic E-state index is 13.1. The summed E-state index contributed by atoms with van der Waals surface area (Å²) in [6, 6.07) is 16.6. The van der Waals surface area contributed by atoms with Gasteiger partial charge in [0, 0.05) is 11.6 Å². The van der Waals surface area contributed by atoms with E-state index in [-0.39, 0.29) is 5.91 Å². The Morgan fingerprint density at radius 2 is 1.97 bits per heavy atom. The molecule has 4 heterocycles. The molecule has 9 heteroatoms. The Labute approximate surface area is 195 Å². The number of rotatable bonds is 7. The Morgan fingerprint density at radius 1 is 1.12 bits per heavy atom. The third-order valence-corrected chi connectivity index (χ3v) is 5.74. The number of carbonyl (C=O) groups excluding carboxylic acids is 1. The lowest BCUT2D eigenvalue weighted by Crippen LogP contribution is -2.14. The Morgan fingerprint density at radius 3 is 2.79 bits per heavy atom. The first-order valence-electron chi connectivity index (χ1n) is 11.1. The molecule has 0 saturated heterocycles. The average Bonchev–Trinajstić information content (AvgIpc) is 3.46. The van der Waals surface area contributed by atoms with Crippen molar-refractivity contribution >= 4 is 28.1 Å². The normalized spacial score (nSPS) is 12.3. The minimum atomic E-state index is -1.03. The number of imidazole rings is 1. The molecule has 172 valence electrons. The Kier molecular flexibility index (Phi) is 5.79. The molecule has 0 aliphatic rings. The SMILES string of the molecule is CCc1nn(Cc2cccc(C(O)CO)n2)c2cccc(NC(=O)c3cnc4ccccn34)c12. The summed E-state index contributed by atoms with van der Waals surface area (Å²) in [6.45, 7) is 2.01. The molecule has 1 amide bonds. The van der Waals surface area contributed by atoms with Crippen molar-refractivity contribution in [1.29, 1.82) is 0 Å². The fraction of sp³-hybridized carbons (Fsp3) is 0.200. The molecule has 1 aromatic carbocycles. The van der Waals surface area contributed by atoms with Crippen LogP contribution in [-0.2, 0) is 13.0 Å². The maximum Gasteiger partial charge on any atom is 0.274 e. The quantitative estimate of drug-likeness (QED) is 0.347. The smallest absolute Gasteiger partial charge is 0.274 e. The topological polar surface area (TPSA) is 118 Å². The number of benzene rings is 1. The molecule has 0 bridgehead atoms.